The molecule has 104 valence electrons. The van der Waals surface area contributed by atoms with E-state index in [4.69, 9.17) is 5.73 Å². The highest BCUT2D eigenvalue weighted by Crippen LogP contribution is 2.22. The first kappa shape index (κ1) is 12.8. The van der Waals surface area contributed by atoms with E-state index in [0.29, 0.717) is 11.6 Å². The number of primary amides is 1. The average Bonchev–Trinajstić information content (AvgIpc) is 3.08. The normalized spacial score (nSPS) is 19.3. The molecule has 1 aliphatic rings. The quantitative estimate of drug-likeness (QED) is 0.893. The molecule has 0 aromatic carbocycles. The van der Waals surface area contributed by atoms with Crippen molar-refractivity contribution in [3.8, 4) is 0 Å². The molecule has 1 fully saturated rings. The van der Waals surface area contributed by atoms with E-state index in [1.165, 1.54) is 11.8 Å². The fraction of sp³-hybridized carbons (Fsp3) is 0.357. The molecule has 0 saturated carbocycles. The fourth-order valence-electron chi connectivity index (χ4n) is 2.59. The van der Waals surface area contributed by atoms with Crippen molar-refractivity contribution in [2.24, 2.45) is 5.73 Å². The molecule has 20 heavy (non-hydrogen) atoms. The number of amides is 1. The van der Waals surface area contributed by atoms with E-state index in [9.17, 15) is 4.79 Å². The standard InChI is InChI=1S/C14H17N5O/c15-14(20)12-7-17-19(9-12)13-3-5-18(10-13)8-11-2-1-4-16-6-11/h1-2,4,6-7,9,13H,3,5,8,10H2,(H2,15,20). The smallest absolute Gasteiger partial charge is 0.251 e. The molecule has 3 heterocycles. The van der Waals surface area contributed by atoms with Crippen LogP contribution in [-0.4, -0.2) is 38.7 Å². The molecular weight excluding hydrogens is 254 g/mol. The van der Waals surface area contributed by atoms with Gasteiger partial charge in [0, 0.05) is 38.2 Å². The number of nitrogens with zero attached hydrogens (tertiary/aromatic N) is 4. The number of hydrogen-bond donors (Lipinski definition) is 1. The predicted octanol–water partition coefficient (Wildman–Crippen LogP) is 0.824. The Morgan fingerprint density at radius 2 is 2.35 bits per heavy atom. The molecule has 0 bridgehead atoms. The number of likely N-dealkylation sites (tertiary alicyclic amines) is 1. The number of aromatic nitrogens is 3. The van der Waals surface area contributed by atoms with Crippen LogP contribution >= 0.6 is 0 Å². The monoisotopic (exact) mass is 271 g/mol. The number of carbonyl (C=O) groups excluding carboxylic acids is 1. The second kappa shape index (κ2) is 5.42. The Hall–Kier alpha value is -2.21. The fourth-order valence-corrected chi connectivity index (χ4v) is 2.59. The third-order valence-electron chi connectivity index (χ3n) is 3.64. The van der Waals surface area contributed by atoms with Crippen LogP contribution in [0.4, 0.5) is 0 Å². The minimum absolute atomic E-state index is 0.305. The lowest BCUT2D eigenvalue weighted by molar-refractivity contribution is 0.1000. The van der Waals surface area contributed by atoms with Gasteiger partial charge in [0.2, 0.25) is 0 Å². The number of carbonyl (C=O) groups is 1. The zero-order chi connectivity index (χ0) is 13.9. The van der Waals surface area contributed by atoms with Crippen molar-refractivity contribution in [1.29, 1.82) is 0 Å². The van der Waals surface area contributed by atoms with E-state index >= 15 is 0 Å². The summed E-state index contributed by atoms with van der Waals surface area (Å²) in [5, 5.41) is 4.24. The van der Waals surface area contributed by atoms with Gasteiger partial charge in [-0.1, -0.05) is 6.07 Å². The van der Waals surface area contributed by atoms with E-state index in [0.717, 1.165) is 26.1 Å². The summed E-state index contributed by atoms with van der Waals surface area (Å²) in [6.45, 7) is 2.84. The Labute approximate surface area is 117 Å². The molecule has 2 N–H and O–H groups in total. The molecule has 6 heteroatoms. The molecule has 0 spiro atoms. The molecule has 0 radical (unpaired) electrons. The van der Waals surface area contributed by atoms with Gasteiger partial charge in [0.25, 0.3) is 5.91 Å². The predicted molar refractivity (Wildman–Crippen MR) is 73.9 cm³/mol. The van der Waals surface area contributed by atoms with E-state index in [1.54, 1.807) is 12.4 Å². The Morgan fingerprint density at radius 1 is 1.45 bits per heavy atom. The van der Waals surface area contributed by atoms with E-state index < -0.39 is 5.91 Å². The molecule has 0 aliphatic carbocycles. The molecule has 6 nitrogen and oxygen atoms in total. The first-order valence-corrected chi connectivity index (χ1v) is 6.67. The van der Waals surface area contributed by atoms with Gasteiger partial charge >= 0.3 is 0 Å². The highest BCUT2D eigenvalue weighted by atomic mass is 16.1. The van der Waals surface area contributed by atoms with Crippen LogP contribution in [0.2, 0.25) is 0 Å². The molecular formula is C14H17N5O. The van der Waals surface area contributed by atoms with E-state index in [2.05, 4.69) is 21.0 Å². The zero-order valence-corrected chi connectivity index (χ0v) is 11.1. The van der Waals surface area contributed by atoms with Crippen LogP contribution in [0.15, 0.2) is 36.9 Å². The lowest BCUT2D eigenvalue weighted by Gasteiger charge is -2.15. The van der Waals surface area contributed by atoms with Crippen LogP contribution in [0.5, 0.6) is 0 Å². The summed E-state index contributed by atoms with van der Waals surface area (Å²) in [5.41, 5.74) is 6.93. The number of pyridine rings is 1. The second-order valence-electron chi connectivity index (χ2n) is 5.11. The first-order valence-electron chi connectivity index (χ1n) is 6.67. The van der Waals surface area contributed by atoms with Crippen LogP contribution in [0.3, 0.4) is 0 Å². The van der Waals surface area contributed by atoms with Gasteiger partial charge in [-0.2, -0.15) is 5.10 Å². The molecule has 1 atom stereocenters. The van der Waals surface area contributed by atoms with Gasteiger partial charge in [0.05, 0.1) is 17.8 Å². The van der Waals surface area contributed by atoms with Crippen LogP contribution in [-0.2, 0) is 6.54 Å². The molecule has 2 aromatic rings. The minimum Gasteiger partial charge on any atom is -0.366 e. The Morgan fingerprint density at radius 3 is 3.05 bits per heavy atom. The Balaban J connectivity index is 1.63. The van der Waals surface area contributed by atoms with Crippen molar-refractivity contribution in [1.82, 2.24) is 19.7 Å². The summed E-state index contributed by atoms with van der Waals surface area (Å²) < 4.78 is 1.85. The SMILES string of the molecule is NC(=O)c1cnn(C2CCN(Cc3cccnc3)C2)c1. The topological polar surface area (TPSA) is 77.0 Å². The van der Waals surface area contributed by atoms with Gasteiger partial charge in [0.15, 0.2) is 0 Å². The van der Waals surface area contributed by atoms with E-state index in [-0.39, 0.29) is 0 Å². The minimum atomic E-state index is -0.429. The molecule has 3 rings (SSSR count). The highest BCUT2D eigenvalue weighted by molar-refractivity contribution is 5.92. The molecule has 2 aromatic heterocycles. The van der Waals surface area contributed by atoms with Gasteiger partial charge in [-0.25, -0.2) is 0 Å². The maximum Gasteiger partial charge on any atom is 0.251 e. The molecule has 1 aliphatic heterocycles. The summed E-state index contributed by atoms with van der Waals surface area (Å²) in [7, 11) is 0. The Bertz CT molecular complexity index is 595. The third-order valence-corrected chi connectivity index (χ3v) is 3.64. The largest absolute Gasteiger partial charge is 0.366 e. The van der Waals surface area contributed by atoms with Crippen molar-refractivity contribution in [2.45, 2.75) is 19.0 Å². The van der Waals surface area contributed by atoms with Crippen molar-refractivity contribution < 1.29 is 4.79 Å². The van der Waals surface area contributed by atoms with Gasteiger partial charge in [-0.05, 0) is 18.1 Å². The van der Waals surface area contributed by atoms with Crippen molar-refractivity contribution in [2.75, 3.05) is 13.1 Å². The molecule has 1 unspecified atom stereocenters. The van der Waals surface area contributed by atoms with Crippen molar-refractivity contribution >= 4 is 5.91 Å². The average molecular weight is 271 g/mol. The number of nitrogens with two attached hydrogens (primary N) is 1. The molecule has 1 saturated heterocycles. The number of rotatable bonds is 4. The maximum atomic E-state index is 11.1. The van der Waals surface area contributed by atoms with Gasteiger partial charge in [-0.3, -0.25) is 19.4 Å². The summed E-state index contributed by atoms with van der Waals surface area (Å²) in [6, 6.07) is 4.34. The second-order valence-corrected chi connectivity index (χ2v) is 5.11. The van der Waals surface area contributed by atoms with Gasteiger partial charge < -0.3 is 5.73 Å². The summed E-state index contributed by atoms with van der Waals surface area (Å²) in [6.07, 6.45) is 7.98. The lowest BCUT2D eigenvalue weighted by atomic mass is 10.2. The summed E-state index contributed by atoms with van der Waals surface area (Å²) in [4.78, 5) is 17.6. The van der Waals surface area contributed by atoms with Crippen LogP contribution in [0.25, 0.3) is 0 Å². The van der Waals surface area contributed by atoms with Crippen LogP contribution < -0.4 is 5.73 Å². The third kappa shape index (κ3) is 2.70. The summed E-state index contributed by atoms with van der Waals surface area (Å²) >= 11 is 0. The van der Waals surface area contributed by atoms with Crippen LogP contribution in [0, 0.1) is 0 Å². The van der Waals surface area contributed by atoms with Crippen molar-refractivity contribution in [3.05, 3.63) is 48.0 Å². The highest BCUT2D eigenvalue weighted by Gasteiger charge is 2.24. The maximum absolute atomic E-state index is 11.1. The van der Waals surface area contributed by atoms with Crippen LogP contribution in [0.1, 0.15) is 28.4 Å². The first-order chi connectivity index (χ1) is 9.72. The van der Waals surface area contributed by atoms with Gasteiger partial charge in [0.1, 0.15) is 0 Å². The molecule has 1 amide bonds. The zero-order valence-electron chi connectivity index (χ0n) is 11.1. The Kier molecular flexibility index (Phi) is 3.47. The van der Waals surface area contributed by atoms with E-state index in [1.807, 2.05) is 16.9 Å². The van der Waals surface area contributed by atoms with Gasteiger partial charge in [-0.15, -0.1) is 0 Å². The lowest BCUT2D eigenvalue weighted by Crippen LogP contribution is -2.21. The number of hydrogen-bond acceptors (Lipinski definition) is 4. The van der Waals surface area contributed by atoms with Crippen molar-refractivity contribution in [3.63, 3.8) is 0 Å². The summed E-state index contributed by atoms with van der Waals surface area (Å²) in [5.74, 6) is -0.429.